The summed E-state index contributed by atoms with van der Waals surface area (Å²) in [5.74, 6) is 0.867. The van der Waals surface area contributed by atoms with Crippen LogP contribution in [0.1, 0.15) is 66.9 Å². The van der Waals surface area contributed by atoms with Crippen LogP contribution in [0.25, 0.3) is 33.5 Å². The molecule has 0 aromatic carbocycles. The molecule has 2 aliphatic rings. The number of aromatic amines is 1. The highest BCUT2D eigenvalue weighted by Gasteiger charge is 2.40. The zero-order chi connectivity index (χ0) is 46.4. The number of fused-ring (bicyclic) bond motifs is 1. The van der Waals surface area contributed by atoms with Gasteiger partial charge >= 0.3 is 6.18 Å². The van der Waals surface area contributed by atoms with Gasteiger partial charge < -0.3 is 19.9 Å². The molecule has 220 valence electrons. The van der Waals surface area contributed by atoms with Crippen molar-refractivity contribution in [1.82, 2.24) is 35.0 Å². The number of aromatic nitrogens is 6. The van der Waals surface area contributed by atoms with Gasteiger partial charge in [-0.3, -0.25) is 9.67 Å². The van der Waals surface area contributed by atoms with Crippen molar-refractivity contribution in [2.45, 2.75) is 44.9 Å². The summed E-state index contributed by atoms with van der Waals surface area (Å²) in [6.45, 7) is 6.78. The Morgan fingerprint density at radius 3 is 2.76 bits per heavy atom. The first-order valence-electron chi connectivity index (χ1n) is 22.8. The van der Waals surface area contributed by atoms with Crippen molar-refractivity contribution >= 4 is 16.7 Å². The fourth-order valence-corrected chi connectivity index (χ4v) is 5.49. The van der Waals surface area contributed by atoms with E-state index in [9.17, 15) is 13.2 Å². The minimum atomic E-state index is -4.64. The lowest BCUT2D eigenvalue weighted by Gasteiger charge is -2.34. The Labute approximate surface area is 248 Å². The molecule has 38 heavy (non-hydrogen) atoms. The predicted molar refractivity (Wildman–Crippen MR) is 158 cm³/mol. The monoisotopic (exact) mass is 567 g/mol. The molecule has 0 amide bonds. The van der Waals surface area contributed by atoms with Crippen molar-refractivity contribution in [1.29, 1.82) is 0 Å². The number of nitrogens with zero attached hydrogens (tertiary/aromatic N) is 6. The van der Waals surface area contributed by atoms with E-state index in [-0.39, 0.29) is 23.3 Å². The van der Waals surface area contributed by atoms with Gasteiger partial charge in [0.1, 0.15) is 5.82 Å². The number of anilines is 1. The first kappa shape index (κ1) is 15.8. The van der Waals surface area contributed by atoms with Crippen LogP contribution in [-0.4, -0.2) is 68.6 Å². The second-order valence-corrected chi connectivity index (χ2v) is 9.91. The van der Waals surface area contributed by atoms with Crippen LogP contribution in [0.5, 0.6) is 0 Å². The van der Waals surface area contributed by atoms with E-state index in [2.05, 4.69) is 25.3 Å². The zero-order valence-electron chi connectivity index (χ0n) is 41.2. The van der Waals surface area contributed by atoms with Gasteiger partial charge in [0.2, 0.25) is 0 Å². The molecule has 4 aromatic heterocycles. The molecule has 0 bridgehead atoms. The minimum absolute atomic E-state index is 0.00108. The molecule has 12 heteroatoms. The molecule has 9 nitrogen and oxygen atoms in total. The van der Waals surface area contributed by atoms with Gasteiger partial charge in [-0.15, -0.1) is 0 Å². The Balaban J connectivity index is -0.000000411. The number of alkyl halides is 3. The number of rotatable bonds is 4. The third kappa shape index (κ3) is 4.41. The third-order valence-electron chi connectivity index (χ3n) is 7.42. The van der Waals surface area contributed by atoms with E-state index < -0.39 is 11.9 Å². The minimum Gasteiger partial charge on any atom is -0.377 e. The largest absolute Gasteiger partial charge is 0.435 e. The van der Waals surface area contributed by atoms with E-state index in [1.165, 1.54) is 0 Å². The average Bonchev–Trinajstić information content (AvgIpc) is 3.96. The van der Waals surface area contributed by atoms with Crippen molar-refractivity contribution in [3.63, 3.8) is 0 Å². The van der Waals surface area contributed by atoms with Crippen LogP contribution in [0, 0.1) is 6.92 Å². The van der Waals surface area contributed by atoms with Gasteiger partial charge in [0.25, 0.3) is 0 Å². The summed E-state index contributed by atoms with van der Waals surface area (Å²) in [4.78, 5) is 19.1. The standard InChI is InChI=1S/C26H29F3N8O.10H2/c1-15-14-38-10-9-36(15)22-11-20(33-25(34-22)19-12-31-13-21-18(19)5-8-32-21)23-16(2)37(17-3-6-30-7-4-17)35-24(23)26(27,28)29;;;;;;;;;;/h5,8,11-13,15,17,30,32H,3-4,6-7,9-10,14H2,1-2H3;10*1H/t15-;;;;;;;;;;/m1........../s1/i;10*1+1D. The van der Waals surface area contributed by atoms with E-state index >= 15 is 0 Å². The number of H-pyrrole nitrogens is 1. The number of morpholine rings is 1. The molecule has 6 rings (SSSR count). The highest BCUT2D eigenvalue weighted by Crippen LogP contribution is 2.41. The molecule has 0 radical (unpaired) electrons. The SMILES string of the molecule is Cc1c(-c2cc(N3CCOC[C@H]3C)nc(-c3cncc4[nH]ccc34)n2)c(C(F)(F)F)nn1C1CCNCC1.[2H][2H].[2H][2H].[2H][2H].[2H][2H].[2H][2H].[2H][2H].[2H][2H].[2H][2H].[2H][2H].[2H][2H]. The highest BCUT2D eigenvalue weighted by atomic mass is 19.4. The average molecular weight is 567 g/mol. The van der Waals surface area contributed by atoms with Gasteiger partial charge in [0.05, 0.1) is 48.3 Å². The molecule has 0 aliphatic carbocycles. The molecule has 2 aliphatic heterocycles. The summed E-state index contributed by atoms with van der Waals surface area (Å²) in [5.41, 5.74) is 1.16. The van der Waals surface area contributed by atoms with E-state index in [4.69, 9.17) is 44.4 Å². The third-order valence-corrected chi connectivity index (χ3v) is 7.42. The fourth-order valence-electron chi connectivity index (χ4n) is 5.49. The van der Waals surface area contributed by atoms with Crippen LogP contribution in [0.2, 0.25) is 0 Å². The van der Waals surface area contributed by atoms with Crippen molar-refractivity contribution in [3.8, 4) is 22.6 Å². The molecule has 2 fully saturated rings. The highest BCUT2D eigenvalue weighted by molar-refractivity contribution is 5.92. The van der Waals surface area contributed by atoms with Gasteiger partial charge in [-0.2, -0.15) is 18.3 Å². The first-order chi connectivity index (χ1) is 28.3. The van der Waals surface area contributed by atoms with Crippen LogP contribution in [0.4, 0.5) is 19.0 Å². The van der Waals surface area contributed by atoms with Gasteiger partial charge in [-0.05, 0) is 45.8 Å². The first-order valence-corrected chi connectivity index (χ1v) is 12.8. The molecular formula is C26H49F3N8O. The Morgan fingerprint density at radius 1 is 1.18 bits per heavy atom. The molecule has 4 aromatic rings. The van der Waals surface area contributed by atoms with Crippen LogP contribution < -0.4 is 10.2 Å². The summed E-state index contributed by atoms with van der Waals surface area (Å²) in [6, 6.07) is 3.44. The van der Waals surface area contributed by atoms with Crippen LogP contribution in [0.15, 0.2) is 30.7 Å². The summed E-state index contributed by atoms with van der Waals surface area (Å²) >= 11 is 0. The number of halogens is 3. The van der Waals surface area contributed by atoms with Gasteiger partial charge in [0, 0.05) is 71.3 Å². The Morgan fingerprint density at radius 2 is 2.00 bits per heavy atom. The van der Waals surface area contributed by atoms with Gasteiger partial charge in [0.15, 0.2) is 11.5 Å². The van der Waals surface area contributed by atoms with E-state index in [1.807, 2.05) is 13.0 Å². The van der Waals surface area contributed by atoms with E-state index in [0.717, 1.165) is 24.0 Å². The molecule has 6 heterocycles. The maximum absolute atomic E-state index is 14.4. The zero-order valence-corrected chi connectivity index (χ0v) is 21.2. The van der Waals surface area contributed by atoms with Crippen LogP contribution in [0.3, 0.4) is 0 Å². The van der Waals surface area contributed by atoms with Crippen LogP contribution in [-0.2, 0) is 10.9 Å². The fraction of sp³-hybridized carbons (Fsp3) is 0.462. The van der Waals surface area contributed by atoms with E-state index in [0.29, 0.717) is 55.5 Å². The van der Waals surface area contributed by atoms with Crippen LogP contribution >= 0.6 is 0 Å². The van der Waals surface area contributed by atoms with Crippen molar-refractivity contribution in [2.75, 3.05) is 37.7 Å². The molecular weight excluding hydrogens is 497 g/mol. The molecule has 1 atom stereocenters. The van der Waals surface area contributed by atoms with Crippen molar-refractivity contribution in [2.24, 2.45) is 0 Å². The lowest BCUT2D eigenvalue weighted by atomic mass is 10.0. The second-order valence-electron chi connectivity index (χ2n) is 9.91. The summed E-state index contributed by atoms with van der Waals surface area (Å²) < 4.78 is 150. The maximum Gasteiger partial charge on any atom is 0.435 e. The van der Waals surface area contributed by atoms with Crippen molar-refractivity contribution < 1.29 is 47.6 Å². The predicted octanol–water partition coefficient (Wildman–Crippen LogP) is 6.82. The molecule has 2 saturated heterocycles. The normalized spacial score (nSPS) is 21.5. The number of piperidine rings is 1. The Bertz CT molecular complexity index is 1510. The second kappa shape index (κ2) is 9.66. The lowest BCUT2D eigenvalue weighted by molar-refractivity contribution is -0.141. The molecule has 0 spiro atoms. The summed E-state index contributed by atoms with van der Waals surface area (Å²) in [5, 5.41) is 8.24. The Kier molecular flexibility index (Phi) is 4.02. The Hall–Kier alpha value is -3.51. The molecule has 0 unspecified atom stereocenters. The number of pyridine rings is 1. The topological polar surface area (TPSA) is 96.8 Å². The lowest BCUT2D eigenvalue weighted by Crippen LogP contribution is -2.44. The summed E-state index contributed by atoms with van der Waals surface area (Å²) in [6.07, 6.45) is 1.93. The number of ether oxygens (including phenoxy) is 1. The summed E-state index contributed by atoms with van der Waals surface area (Å²) in [7, 11) is 0. The number of nitrogens with one attached hydrogen (secondary N) is 2. The smallest absolute Gasteiger partial charge is 0.377 e. The number of hydrogen-bond donors (Lipinski definition) is 2. The molecule has 0 saturated carbocycles. The van der Waals surface area contributed by atoms with Gasteiger partial charge in [-0.1, -0.05) is 0 Å². The maximum atomic E-state index is 14.4. The van der Waals surface area contributed by atoms with E-state index in [1.54, 1.807) is 36.3 Å². The van der Waals surface area contributed by atoms with Gasteiger partial charge in [-0.25, -0.2) is 9.97 Å². The molecule has 2 N–H and O–H groups in total. The van der Waals surface area contributed by atoms with Crippen molar-refractivity contribution in [3.05, 3.63) is 42.1 Å². The quantitative estimate of drug-likeness (QED) is 0.280. The number of hydrogen-bond acceptors (Lipinski definition) is 7.